The summed E-state index contributed by atoms with van der Waals surface area (Å²) in [5, 5.41) is 13.2. The number of rotatable bonds is 6. The van der Waals surface area contributed by atoms with Gasteiger partial charge >= 0.3 is 0 Å². The van der Waals surface area contributed by atoms with Crippen LogP contribution in [0, 0.1) is 11.6 Å². The van der Waals surface area contributed by atoms with Crippen LogP contribution in [0.5, 0.6) is 0 Å². The minimum atomic E-state index is -0.929. The molecule has 0 radical (unpaired) electrons. The minimum Gasteiger partial charge on any atom is -0.388 e. The van der Waals surface area contributed by atoms with Crippen molar-refractivity contribution >= 4 is 0 Å². The summed E-state index contributed by atoms with van der Waals surface area (Å²) in [6.45, 7) is 4.22. The quantitative estimate of drug-likeness (QED) is 0.830. The number of nitrogens with zero attached hydrogens (tertiary/aromatic N) is 1. The third kappa shape index (κ3) is 5.22. The Kier molecular flexibility index (Phi) is 5.40. The molecule has 2 unspecified atom stereocenters. The second-order valence-corrected chi connectivity index (χ2v) is 5.50. The van der Waals surface area contributed by atoms with Crippen LogP contribution < -0.4 is 5.32 Å². The van der Waals surface area contributed by atoms with Crippen LogP contribution >= 0.6 is 0 Å². The Morgan fingerprint density at radius 2 is 2.00 bits per heavy atom. The molecule has 0 aromatic heterocycles. The molecule has 2 atom stereocenters. The van der Waals surface area contributed by atoms with E-state index in [1.54, 1.807) is 13.8 Å². The number of hydrogen-bond donors (Lipinski definition) is 2. The Balaban J connectivity index is 2.65. The standard InChI is InChI=1S/C14H22F2N2O/c1-10(12-7-11(15)5-6-13(12)16)17-8-14(2,19)9-18(3)4/h5-7,10,17,19H,8-9H2,1-4H3. The molecule has 0 saturated carbocycles. The van der Waals surface area contributed by atoms with Gasteiger partial charge in [-0.05, 0) is 46.1 Å². The molecule has 1 rings (SSSR count). The van der Waals surface area contributed by atoms with Crippen molar-refractivity contribution in [3.63, 3.8) is 0 Å². The van der Waals surface area contributed by atoms with E-state index in [9.17, 15) is 13.9 Å². The predicted octanol–water partition coefficient (Wildman–Crippen LogP) is 1.93. The highest BCUT2D eigenvalue weighted by atomic mass is 19.1. The Labute approximate surface area is 113 Å². The fourth-order valence-corrected chi connectivity index (χ4v) is 2.07. The number of benzene rings is 1. The van der Waals surface area contributed by atoms with Gasteiger partial charge in [-0.2, -0.15) is 0 Å². The third-order valence-corrected chi connectivity index (χ3v) is 2.87. The van der Waals surface area contributed by atoms with Crippen molar-refractivity contribution in [1.82, 2.24) is 10.2 Å². The zero-order valence-corrected chi connectivity index (χ0v) is 11.9. The number of nitrogens with one attached hydrogen (secondary N) is 1. The summed E-state index contributed by atoms with van der Waals surface area (Å²) in [5.74, 6) is -0.918. The van der Waals surface area contributed by atoms with Crippen molar-refractivity contribution in [3.05, 3.63) is 35.4 Å². The Hall–Kier alpha value is -1.04. The lowest BCUT2D eigenvalue weighted by atomic mass is 10.0. The molecule has 5 heteroatoms. The molecule has 3 nitrogen and oxygen atoms in total. The molecule has 0 fully saturated rings. The van der Waals surface area contributed by atoms with Gasteiger partial charge in [-0.3, -0.25) is 0 Å². The van der Waals surface area contributed by atoms with Crippen LogP contribution in [-0.4, -0.2) is 42.8 Å². The second-order valence-electron chi connectivity index (χ2n) is 5.50. The van der Waals surface area contributed by atoms with E-state index in [2.05, 4.69) is 5.32 Å². The molecular weight excluding hydrogens is 250 g/mol. The summed E-state index contributed by atoms with van der Waals surface area (Å²) in [5.41, 5.74) is -0.665. The molecule has 2 N–H and O–H groups in total. The highest BCUT2D eigenvalue weighted by Crippen LogP contribution is 2.18. The molecule has 108 valence electrons. The van der Waals surface area contributed by atoms with E-state index in [-0.39, 0.29) is 11.6 Å². The highest BCUT2D eigenvalue weighted by Gasteiger charge is 2.22. The monoisotopic (exact) mass is 272 g/mol. The molecule has 1 aromatic carbocycles. The van der Waals surface area contributed by atoms with E-state index in [4.69, 9.17) is 0 Å². The summed E-state index contributed by atoms with van der Waals surface area (Å²) in [4.78, 5) is 1.87. The SMILES string of the molecule is CC(NCC(C)(O)CN(C)C)c1cc(F)ccc1F. The number of likely N-dealkylation sites (N-methyl/N-ethyl adjacent to an activating group) is 1. The van der Waals surface area contributed by atoms with Gasteiger partial charge in [-0.25, -0.2) is 8.78 Å². The molecule has 0 aliphatic rings. The number of aliphatic hydroxyl groups is 1. The zero-order valence-electron chi connectivity index (χ0n) is 11.9. The van der Waals surface area contributed by atoms with E-state index in [0.29, 0.717) is 13.1 Å². The van der Waals surface area contributed by atoms with Crippen molar-refractivity contribution in [1.29, 1.82) is 0 Å². The van der Waals surface area contributed by atoms with Gasteiger partial charge in [-0.15, -0.1) is 0 Å². The van der Waals surface area contributed by atoms with Crippen molar-refractivity contribution < 1.29 is 13.9 Å². The van der Waals surface area contributed by atoms with E-state index >= 15 is 0 Å². The van der Waals surface area contributed by atoms with Crippen molar-refractivity contribution in [2.24, 2.45) is 0 Å². The van der Waals surface area contributed by atoms with Crippen LogP contribution in [0.3, 0.4) is 0 Å². The maximum absolute atomic E-state index is 13.6. The van der Waals surface area contributed by atoms with E-state index in [0.717, 1.165) is 12.1 Å². The molecule has 1 aromatic rings. The van der Waals surface area contributed by atoms with Crippen LogP contribution in [0.25, 0.3) is 0 Å². The van der Waals surface area contributed by atoms with Crippen LogP contribution in [0.15, 0.2) is 18.2 Å². The Bertz CT molecular complexity index is 422. The average Bonchev–Trinajstić information content (AvgIpc) is 2.27. The largest absolute Gasteiger partial charge is 0.388 e. The normalized spacial score (nSPS) is 16.4. The minimum absolute atomic E-state index is 0.264. The van der Waals surface area contributed by atoms with Crippen LogP contribution in [0.4, 0.5) is 8.78 Å². The lowest BCUT2D eigenvalue weighted by Gasteiger charge is -2.29. The fourth-order valence-electron chi connectivity index (χ4n) is 2.07. The Morgan fingerprint density at radius 1 is 1.37 bits per heavy atom. The van der Waals surface area contributed by atoms with Gasteiger partial charge < -0.3 is 15.3 Å². The summed E-state index contributed by atoms with van der Waals surface area (Å²) in [7, 11) is 3.73. The first kappa shape index (κ1) is 16.0. The van der Waals surface area contributed by atoms with Crippen LogP contribution in [0.2, 0.25) is 0 Å². The molecule has 0 bridgehead atoms. The van der Waals surface area contributed by atoms with Gasteiger partial charge in [0.05, 0.1) is 5.60 Å². The summed E-state index contributed by atoms with van der Waals surface area (Å²) in [6.07, 6.45) is 0. The van der Waals surface area contributed by atoms with E-state index < -0.39 is 17.2 Å². The fraction of sp³-hybridized carbons (Fsp3) is 0.571. The third-order valence-electron chi connectivity index (χ3n) is 2.87. The van der Waals surface area contributed by atoms with Gasteiger partial charge in [0.2, 0.25) is 0 Å². The first-order valence-corrected chi connectivity index (χ1v) is 6.27. The molecule has 19 heavy (non-hydrogen) atoms. The van der Waals surface area contributed by atoms with Crippen LogP contribution in [0.1, 0.15) is 25.5 Å². The smallest absolute Gasteiger partial charge is 0.128 e. The molecule has 0 spiro atoms. The molecule has 0 aliphatic carbocycles. The molecule has 0 saturated heterocycles. The average molecular weight is 272 g/mol. The lowest BCUT2D eigenvalue weighted by Crippen LogP contribution is -2.46. The van der Waals surface area contributed by atoms with Crippen LogP contribution in [-0.2, 0) is 0 Å². The molecule has 0 aliphatic heterocycles. The lowest BCUT2D eigenvalue weighted by molar-refractivity contribution is 0.0316. The van der Waals surface area contributed by atoms with Crippen molar-refractivity contribution in [2.45, 2.75) is 25.5 Å². The maximum atomic E-state index is 13.6. The first-order valence-electron chi connectivity index (χ1n) is 6.27. The van der Waals surface area contributed by atoms with Gasteiger partial charge in [0.15, 0.2) is 0 Å². The molecule has 0 amide bonds. The van der Waals surface area contributed by atoms with Gasteiger partial charge in [-0.1, -0.05) is 0 Å². The van der Waals surface area contributed by atoms with Gasteiger partial charge in [0.25, 0.3) is 0 Å². The highest BCUT2D eigenvalue weighted by molar-refractivity contribution is 5.21. The summed E-state index contributed by atoms with van der Waals surface area (Å²) < 4.78 is 26.7. The van der Waals surface area contributed by atoms with Gasteiger partial charge in [0.1, 0.15) is 11.6 Å². The Morgan fingerprint density at radius 3 is 2.58 bits per heavy atom. The maximum Gasteiger partial charge on any atom is 0.128 e. The predicted molar refractivity (Wildman–Crippen MR) is 72.0 cm³/mol. The first-order chi connectivity index (χ1) is 8.71. The molecular formula is C14H22F2N2O. The van der Waals surface area contributed by atoms with Crippen molar-refractivity contribution in [2.75, 3.05) is 27.2 Å². The zero-order chi connectivity index (χ0) is 14.6. The summed E-state index contributed by atoms with van der Waals surface area (Å²) >= 11 is 0. The number of hydrogen-bond acceptors (Lipinski definition) is 3. The topological polar surface area (TPSA) is 35.5 Å². The van der Waals surface area contributed by atoms with E-state index in [1.165, 1.54) is 6.07 Å². The van der Waals surface area contributed by atoms with Gasteiger partial charge in [0, 0.05) is 24.7 Å². The summed E-state index contributed by atoms with van der Waals surface area (Å²) in [6, 6.07) is 3.01. The second kappa shape index (κ2) is 6.41. The number of halogens is 2. The van der Waals surface area contributed by atoms with E-state index in [1.807, 2.05) is 19.0 Å². The van der Waals surface area contributed by atoms with Crippen molar-refractivity contribution in [3.8, 4) is 0 Å². The molecule has 0 heterocycles.